The Labute approximate surface area is 184 Å². The summed E-state index contributed by atoms with van der Waals surface area (Å²) in [7, 11) is 0. The molecule has 1 saturated carbocycles. The van der Waals surface area contributed by atoms with Gasteiger partial charge in [0.15, 0.2) is 5.82 Å². The van der Waals surface area contributed by atoms with Gasteiger partial charge in [-0.2, -0.15) is 10.4 Å². The van der Waals surface area contributed by atoms with Crippen LogP contribution in [0.25, 0.3) is 28.1 Å². The standard InChI is InChI=1S/C22H22N10/c1-2-17-21(29-15-5-3-4-6-15)31-18-16(11-25-20(24)19(18)30-17)14-10-28-32(12-14)22-26-8-13(7-23)9-27-22/h8-12,15H,2-6H2,1H3,(H2,24,25)(H,29,31). The first kappa shape index (κ1) is 19.8. The largest absolute Gasteiger partial charge is 0.382 e. The Balaban J connectivity index is 1.58. The van der Waals surface area contributed by atoms with Gasteiger partial charge in [0.05, 0.1) is 29.8 Å². The normalized spacial score (nSPS) is 14.0. The predicted molar refractivity (Wildman–Crippen MR) is 120 cm³/mol. The third-order valence-electron chi connectivity index (χ3n) is 5.70. The van der Waals surface area contributed by atoms with Gasteiger partial charge in [-0.3, -0.25) is 0 Å². The average molecular weight is 426 g/mol. The minimum absolute atomic E-state index is 0.348. The van der Waals surface area contributed by atoms with Crippen LogP contribution in [0.4, 0.5) is 11.6 Å². The zero-order chi connectivity index (χ0) is 22.1. The second-order valence-corrected chi connectivity index (χ2v) is 7.81. The highest BCUT2D eigenvalue weighted by molar-refractivity contribution is 5.96. The van der Waals surface area contributed by atoms with E-state index in [2.05, 4.69) is 32.3 Å². The summed E-state index contributed by atoms with van der Waals surface area (Å²) in [5.41, 5.74) is 10.3. The van der Waals surface area contributed by atoms with E-state index in [-0.39, 0.29) is 0 Å². The Hall–Kier alpha value is -4.13. The van der Waals surface area contributed by atoms with Crippen LogP contribution < -0.4 is 11.1 Å². The van der Waals surface area contributed by atoms with E-state index in [0.29, 0.717) is 34.4 Å². The molecule has 1 aliphatic carbocycles. The third-order valence-corrected chi connectivity index (χ3v) is 5.70. The minimum atomic E-state index is 0.348. The molecular weight excluding hydrogens is 404 g/mol. The Morgan fingerprint density at radius 1 is 1.09 bits per heavy atom. The van der Waals surface area contributed by atoms with Crippen LogP contribution in [0.3, 0.4) is 0 Å². The molecule has 0 amide bonds. The molecule has 1 aliphatic rings. The van der Waals surface area contributed by atoms with Crippen molar-refractivity contribution >= 4 is 22.7 Å². The second-order valence-electron chi connectivity index (χ2n) is 7.81. The van der Waals surface area contributed by atoms with Crippen molar-refractivity contribution in [2.24, 2.45) is 0 Å². The maximum atomic E-state index is 8.94. The fourth-order valence-electron chi connectivity index (χ4n) is 4.00. The molecule has 10 nitrogen and oxygen atoms in total. The topological polar surface area (TPSA) is 144 Å². The van der Waals surface area contributed by atoms with E-state index in [0.717, 1.165) is 41.9 Å². The minimum Gasteiger partial charge on any atom is -0.382 e. The summed E-state index contributed by atoms with van der Waals surface area (Å²) in [6, 6.07) is 2.43. The van der Waals surface area contributed by atoms with Gasteiger partial charge in [0.2, 0.25) is 0 Å². The molecule has 160 valence electrons. The lowest BCUT2D eigenvalue weighted by atomic mass is 10.1. The number of rotatable bonds is 5. The van der Waals surface area contributed by atoms with E-state index in [4.69, 9.17) is 21.0 Å². The molecule has 5 rings (SSSR count). The zero-order valence-electron chi connectivity index (χ0n) is 17.7. The third kappa shape index (κ3) is 3.58. The molecule has 0 aromatic carbocycles. The van der Waals surface area contributed by atoms with Crippen LogP contribution in [0.15, 0.2) is 31.0 Å². The summed E-state index contributed by atoms with van der Waals surface area (Å²) in [6.07, 6.45) is 13.6. The van der Waals surface area contributed by atoms with Gasteiger partial charge in [-0.1, -0.05) is 19.8 Å². The van der Waals surface area contributed by atoms with E-state index in [1.165, 1.54) is 25.2 Å². The molecule has 0 radical (unpaired) electrons. The first-order valence-corrected chi connectivity index (χ1v) is 10.7. The van der Waals surface area contributed by atoms with Crippen molar-refractivity contribution in [2.45, 2.75) is 45.1 Å². The molecule has 0 bridgehead atoms. The van der Waals surface area contributed by atoms with Crippen molar-refractivity contribution in [3.63, 3.8) is 0 Å². The van der Waals surface area contributed by atoms with Crippen molar-refractivity contribution in [1.82, 2.24) is 34.7 Å². The van der Waals surface area contributed by atoms with Gasteiger partial charge in [0, 0.05) is 29.6 Å². The molecule has 4 heterocycles. The maximum Gasteiger partial charge on any atom is 0.250 e. The number of nitriles is 1. The van der Waals surface area contributed by atoms with Crippen LogP contribution in [0.2, 0.25) is 0 Å². The molecule has 10 heteroatoms. The highest BCUT2D eigenvalue weighted by Gasteiger charge is 2.20. The highest BCUT2D eigenvalue weighted by atomic mass is 15.3. The average Bonchev–Trinajstić information content (AvgIpc) is 3.52. The number of anilines is 2. The van der Waals surface area contributed by atoms with Crippen LogP contribution in [0.1, 0.15) is 43.9 Å². The lowest BCUT2D eigenvalue weighted by Crippen LogP contribution is -2.18. The van der Waals surface area contributed by atoms with Gasteiger partial charge in [-0.05, 0) is 19.3 Å². The second kappa shape index (κ2) is 8.19. The van der Waals surface area contributed by atoms with Crippen molar-refractivity contribution in [3.8, 4) is 23.1 Å². The van der Waals surface area contributed by atoms with Crippen molar-refractivity contribution in [2.75, 3.05) is 11.1 Å². The SMILES string of the molecule is CCc1nc2c(N)ncc(-c3cnn(-c4ncc(C#N)cn4)c3)c2nc1NC1CCCC1. The highest BCUT2D eigenvalue weighted by Crippen LogP contribution is 2.31. The van der Waals surface area contributed by atoms with Gasteiger partial charge in [0.25, 0.3) is 5.95 Å². The summed E-state index contributed by atoms with van der Waals surface area (Å²) in [5, 5.41) is 16.9. The summed E-state index contributed by atoms with van der Waals surface area (Å²) >= 11 is 0. The number of aryl methyl sites for hydroxylation is 1. The Bertz CT molecular complexity index is 1310. The summed E-state index contributed by atoms with van der Waals surface area (Å²) < 4.78 is 1.55. The van der Waals surface area contributed by atoms with Gasteiger partial charge >= 0.3 is 0 Å². The monoisotopic (exact) mass is 426 g/mol. The first-order chi connectivity index (χ1) is 15.7. The zero-order valence-corrected chi connectivity index (χ0v) is 17.7. The summed E-state index contributed by atoms with van der Waals surface area (Å²) in [6.45, 7) is 2.06. The van der Waals surface area contributed by atoms with E-state index in [1.54, 1.807) is 23.3 Å². The van der Waals surface area contributed by atoms with E-state index in [9.17, 15) is 0 Å². The van der Waals surface area contributed by atoms with E-state index < -0.39 is 0 Å². The van der Waals surface area contributed by atoms with Gasteiger partial charge in [-0.25, -0.2) is 29.6 Å². The van der Waals surface area contributed by atoms with Crippen molar-refractivity contribution in [3.05, 3.63) is 42.2 Å². The number of hydrogen-bond acceptors (Lipinski definition) is 9. The van der Waals surface area contributed by atoms with Crippen LogP contribution in [-0.2, 0) is 6.42 Å². The number of aromatic nitrogens is 7. The molecule has 3 N–H and O–H groups in total. The van der Waals surface area contributed by atoms with Gasteiger partial charge in [-0.15, -0.1) is 0 Å². The van der Waals surface area contributed by atoms with E-state index >= 15 is 0 Å². The molecule has 4 aromatic heterocycles. The summed E-state index contributed by atoms with van der Waals surface area (Å²) in [4.78, 5) is 22.5. The number of pyridine rings is 1. The quantitative estimate of drug-likeness (QED) is 0.492. The lowest BCUT2D eigenvalue weighted by Gasteiger charge is -2.17. The fraction of sp³-hybridized carbons (Fsp3) is 0.318. The van der Waals surface area contributed by atoms with Crippen LogP contribution in [0.5, 0.6) is 0 Å². The summed E-state index contributed by atoms with van der Waals surface area (Å²) in [5.74, 6) is 1.52. The van der Waals surface area contributed by atoms with Gasteiger partial charge in [0.1, 0.15) is 22.9 Å². The molecule has 0 unspecified atom stereocenters. The van der Waals surface area contributed by atoms with Crippen molar-refractivity contribution < 1.29 is 0 Å². The molecule has 0 aliphatic heterocycles. The predicted octanol–water partition coefficient (Wildman–Crippen LogP) is 3.04. The van der Waals surface area contributed by atoms with Crippen molar-refractivity contribution in [1.29, 1.82) is 5.26 Å². The smallest absolute Gasteiger partial charge is 0.250 e. The van der Waals surface area contributed by atoms with Crippen LogP contribution in [-0.4, -0.2) is 40.7 Å². The Kier molecular flexibility index (Phi) is 5.07. The molecule has 0 spiro atoms. The molecule has 0 saturated heterocycles. The lowest BCUT2D eigenvalue weighted by molar-refractivity contribution is 0.747. The van der Waals surface area contributed by atoms with Gasteiger partial charge < -0.3 is 11.1 Å². The molecule has 1 fully saturated rings. The Morgan fingerprint density at radius 3 is 2.59 bits per heavy atom. The number of nitrogens with two attached hydrogens (primary N) is 1. The molecular formula is C22H22N10. The maximum absolute atomic E-state index is 8.94. The molecule has 0 atom stereocenters. The first-order valence-electron chi connectivity index (χ1n) is 10.7. The number of fused-ring (bicyclic) bond motifs is 1. The number of nitrogens with one attached hydrogen (secondary N) is 1. The van der Waals surface area contributed by atoms with E-state index in [1.807, 2.05) is 6.07 Å². The number of nitrogen functional groups attached to an aromatic ring is 1. The molecule has 4 aromatic rings. The number of hydrogen-bond donors (Lipinski definition) is 2. The molecule has 32 heavy (non-hydrogen) atoms. The van der Waals surface area contributed by atoms with Crippen LogP contribution >= 0.6 is 0 Å². The number of nitrogens with zero attached hydrogens (tertiary/aromatic N) is 8. The Morgan fingerprint density at radius 2 is 1.88 bits per heavy atom. The fourth-order valence-corrected chi connectivity index (χ4v) is 4.00. The van der Waals surface area contributed by atoms with Crippen LogP contribution in [0, 0.1) is 11.3 Å².